The second-order valence-corrected chi connectivity index (χ2v) is 10.2. The zero-order valence-corrected chi connectivity index (χ0v) is 20.3. The Balaban J connectivity index is 0.00000341. The number of carbonyl (C=O) groups is 1. The van der Waals surface area contributed by atoms with Gasteiger partial charge in [0, 0.05) is 12.8 Å². The molecule has 3 rings (SSSR count). The molecule has 3 aromatic rings. The van der Waals surface area contributed by atoms with E-state index in [4.69, 9.17) is 4.74 Å². The number of amides is 1. The van der Waals surface area contributed by atoms with Gasteiger partial charge < -0.3 is 9.64 Å². The maximum Gasteiger partial charge on any atom is 0.261 e. The van der Waals surface area contributed by atoms with Gasteiger partial charge in [-0.1, -0.05) is 29.5 Å². The lowest BCUT2D eigenvalue weighted by atomic mass is 10.2. The Morgan fingerprint density at radius 3 is 2.45 bits per heavy atom. The number of methoxy groups -OCH3 is 1. The second kappa shape index (κ2) is 10.4. The number of carbonyl (C=O) groups excluding carboxylic acids is 1. The first-order chi connectivity index (χ1) is 14.2. The van der Waals surface area contributed by atoms with E-state index in [0.717, 1.165) is 17.5 Å². The number of para-hydroxylation sites is 1. The molecule has 0 aliphatic carbocycles. The molecule has 168 valence electrons. The summed E-state index contributed by atoms with van der Waals surface area (Å²) >= 11 is 1.38. The summed E-state index contributed by atoms with van der Waals surface area (Å²) in [4.78, 5) is 21.8. The Morgan fingerprint density at radius 1 is 1.10 bits per heavy atom. The molecule has 31 heavy (non-hydrogen) atoms. The van der Waals surface area contributed by atoms with Crippen molar-refractivity contribution in [1.82, 2.24) is 9.88 Å². The molecular formula is C21H26ClN3O4S2. The number of rotatable bonds is 8. The fraction of sp³-hybridized carbons (Fsp3) is 0.333. The predicted molar refractivity (Wildman–Crippen MR) is 128 cm³/mol. The third kappa shape index (κ3) is 5.74. The highest BCUT2D eigenvalue weighted by atomic mass is 35.5. The molecule has 0 aliphatic rings. The molecule has 0 radical (unpaired) electrons. The summed E-state index contributed by atoms with van der Waals surface area (Å²) in [5.74, 6) is 0.250. The molecule has 0 aliphatic heterocycles. The summed E-state index contributed by atoms with van der Waals surface area (Å²) in [6.45, 7) is 1.20. The van der Waals surface area contributed by atoms with Crippen LogP contribution in [0.5, 0.6) is 5.75 Å². The van der Waals surface area contributed by atoms with E-state index >= 15 is 0 Å². The van der Waals surface area contributed by atoms with E-state index in [0.29, 0.717) is 29.4 Å². The maximum absolute atomic E-state index is 13.5. The topological polar surface area (TPSA) is 79.8 Å². The van der Waals surface area contributed by atoms with Crippen LogP contribution < -0.4 is 9.64 Å². The second-order valence-electron chi connectivity index (χ2n) is 7.19. The molecule has 0 spiro atoms. The Bertz CT molecular complexity index is 1160. The van der Waals surface area contributed by atoms with E-state index in [-0.39, 0.29) is 28.8 Å². The van der Waals surface area contributed by atoms with Gasteiger partial charge in [0.1, 0.15) is 11.3 Å². The quantitative estimate of drug-likeness (QED) is 0.485. The SMILES string of the molecule is COc1cccc2sc(N(CCCN(C)C)C(=O)c3ccccc3S(C)(=O)=O)nc12.Cl. The van der Waals surface area contributed by atoms with Crippen molar-refractivity contribution < 1.29 is 17.9 Å². The van der Waals surface area contributed by atoms with Crippen LogP contribution in [0.25, 0.3) is 10.2 Å². The van der Waals surface area contributed by atoms with Gasteiger partial charge in [0.05, 0.1) is 22.3 Å². The van der Waals surface area contributed by atoms with Crippen LogP contribution in [0.2, 0.25) is 0 Å². The van der Waals surface area contributed by atoms with Crippen LogP contribution in [0.3, 0.4) is 0 Å². The van der Waals surface area contributed by atoms with Gasteiger partial charge in [-0.3, -0.25) is 9.69 Å². The summed E-state index contributed by atoms with van der Waals surface area (Å²) < 4.78 is 30.8. The highest BCUT2D eigenvalue weighted by Crippen LogP contribution is 2.35. The summed E-state index contributed by atoms with van der Waals surface area (Å²) in [5, 5.41) is 0.515. The van der Waals surface area contributed by atoms with Crippen LogP contribution in [0.1, 0.15) is 16.8 Å². The highest BCUT2D eigenvalue weighted by molar-refractivity contribution is 7.90. The fourth-order valence-corrected chi connectivity index (χ4v) is 5.02. The van der Waals surface area contributed by atoms with Crippen molar-refractivity contribution in [2.45, 2.75) is 11.3 Å². The Morgan fingerprint density at radius 2 is 1.81 bits per heavy atom. The number of sulfone groups is 1. The van der Waals surface area contributed by atoms with E-state index in [1.807, 2.05) is 37.2 Å². The van der Waals surface area contributed by atoms with Gasteiger partial charge in [0.25, 0.3) is 5.91 Å². The van der Waals surface area contributed by atoms with Crippen molar-refractivity contribution in [2.75, 3.05) is 45.5 Å². The first-order valence-corrected chi connectivity index (χ1v) is 12.1. The van der Waals surface area contributed by atoms with Crippen molar-refractivity contribution in [2.24, 2.45) is 0 Å². The molecule has 0 saturated carbocycles. The molecule has 0 saturated heterocycles. The summed E-state index contributed by atoms with van der Waals surface area (Å²) in [5.41, 5.74) is 0.831. The molecule has 2 aromatic carbocycles. The predicted octanol–water partition coefficient (Wildman–Crippen LogP) is 3.73. The number of thiazole rings is 1. The van der Waals surface area contributed by atoms with E-state index < -0.39 is 9.84 Å². The Hall–Kier alpha value is -2.20. The lowest BCUT2D eigenvalue weighted by Crippen LogP contribution is -2.34. The molecule has 1 aromatic heterocycles. The molecule has 0 N–H and O–H groups in total. The monoisotopic (exact) mass is 483 g/mol. The number of hydrogen-bond donors (Lipinski definition) is 0. The van der Waals surface area contributed by atoms with E-state index in [1.54, 1.807) is 30.2 Å². The molecule has 0 atom stereocenters. The molecule has 0 bridgehead atoms. The lowest BCUT2D eigenvalue weighted by Gasteiger charge is -2.22. The molecule has 0 unspecified atom stereocenters. The van der Waals surface area contributed by atoms with Crippen molar-refractivity contribution in [3.05, 3.63) is 48.0 Å². The van der Waals surface area contributed by atoms with Crippen LogP contribution in [0, 0.1) is 0 Å². The van der Waals surface area contributed by atoms with Gasteiger partial charge in [-0.05, 0) is 51.3 Å². The molecule has 7 nitrogen and oxygen atoms in total. The largest absolute Gasteiger partial charge is 0.494 e. The maximum atomic E-state index is 13.5. The molecule has 10 heteroatoms. The van der Waals surface area contributed by atoms with Crippen LogP contribution >= 0.6 is 23.7 Å². The number of ether oxygens (including phenoxy) is 1. The first kappa shape index (κ1) is 25.1. The highest BCUT2D eigenvalue weighted by Gasteiger charge is 2.26. The average Bonchev–Trinajstić information content (AvgIpc) is 3.13. The normalized spacial score (nSPS) is 11.4. The van der Waals surface area contributed by atoms with Gasteiger partial charge in [-0.15, -0.1) is 12.4 Å². The van der Waals surface area contributed by atoms with Crippen molar-refractivity contribution in [3.8, 4) is 5.75 Å². The van der Waals surface area contributed by atoms with E-state index in [2.05, 4.69) is 4.98 Å². The number of halogens is 1. The van der Waals surface area contributed by atoms with Crippen LogP contribution in [0.15, 0.2) is 47.4 Å². The van der Waals surface area contributed by atoms with Crippen molar-refractivity contribution in [3.63, 3.8) is 0 Å². The fourth-order valence-electron chi connectivity index (χ4n) is 3.13. The number of hydrogen-bond acceptors (Lipinski definition) is 7. The van der Waals surface area contributed by atoms with Gasteiger partial charge in [0.15, 0.2) is 15.0 Å². The minimum absolute atomic E-state index is 0. The summed E-state index contributed by atoms with van der Waals surface area (Å²) in [6.07, 6.45) is 1.82. The first-order valence-electron chi connectivity index (χ1n) is 9.41. The molecule has 1 heterocycles. The third-order valence-corrected chi connectivity index (χ3v) is 6.77. The number of nitrogens with zero attached hydrogens (tertiary/aromatic N) is 3. The average molecular weight is 484 g/mol. The summed E-state index contributed by atoms with van der Waals surface area (Å²) in [6, 6.07) is 11.9. The minimum atomic E-state index is -3.56. The summed E-state index contributed by atoms with van der Waals surface area (Å²) in [7, 11) is 1.96. The van der Waals surface area contributed by atoms with Gasteiger partial charge in [0.2, 0.25) is 0 Å². The van der Waals surface area contributed by atoms with Gasteiger partial charge in [-0.25, -0.2) is 13.4 Å². The van der Waals surface area contributed by atoms with Crippen LogP contribution in [-0.2, 0) is 9.84 Å². The van der Waals surface area contributed by atoms with Gasteiger partial charge >= 0.3 is 0 Å². The van der Waals surface area contributed by atoms with Crippen molar-refractivity contribution >= 4 is 54.8 Å². The van der Waals surface area contributed by atoms with Gasteiger partial charge in [-0.2, -0.15) is 0 Å². The number of fused-ring (bicyclic) bond motifs is 1. The zero-order valence-electron chi connectivity index (χ0n) is 17.9. The minimum Gasteiger partial charge on any atom is -0.494 e. The third-order valence-electron chi connectivity index (χ3n) is 4.57. The zero-order chi connectivity index (χ0) is 21.9. The Labute approximate surface area is 193 Å². The molecule has 0 fully saturated rings. The van der Waals surface area contributed by atoms with E-state index in [1.165, 1.54) is 17.4 Å². The smallest absolute Gasteiger partial charge is 0.261 e. The van der Waals surface area contributed by atoms with Crippen LogP contribution in [-0.4, -0.2) is 64.8 Å². The molecule has 1 amide bonds. The lowest BCUT2D eigenvalue weighted by molar-refractivity contribution is 0.0983. The molecular weight excluding hydrogens is 458 g/mol. The standard InChI is InChI=1S/C21H25N3O4S2.ClH/c1-23(2)13-8-14-24(20(25)15-9-5-6-12-18(15)30(4,26)27)21-22-19-16(28-3)10-7-11-17(19)29-21;/h5-7,9-12H,8,13-14H2,1-4H3;1H. The van der Waals surface area contributed by atoms with E-state index in [9.17, 15) is 13.2 Å². The Kier molecular flexibility index (Phi) is 8.41. The van der Waals surface area contributed by atoms with Crippen molar-refractivity contribution in [1.29, 1.82) is 0 Å². The number of aromatic nitrogens is 1. The number of benzene rings is 2. The van der Waals surface area contributed by atoms with Crippen LogP contribution in [0.4, 0.5) is 5.13 Å². The number of anilines is 1.